The first-order valence-electron chi connectivity index (χ1n) is 4.80. The molecule has 0 radical (unpaired) electrons. The van der Waals surface area contributed by atoms with Gasteiger partial charge in [-0.1, -0.05) is 12.1 Å². The van der Waals surface area contributed by atoms with Crippen molar-refractivity contribution < 1.29 is 19.7 Å². The largest absolute Gasteiger partial charge is 0.427 e. The van der Waals surface area contributed by atoms with Crippen molar-refractivity contribution in [2.24, 2.45) is 0 Å². The van der Waals surface area contributed by atoms with Gasteiger partial charge in [0.05, 0.1) is 6.10 Å². The number of aliphatic hydroxyl groups is 2. The summed E-state index contributed by atoms with van der Waals surface area (Å²) >= 11 is 3.89. The maximum atomic E-state index is 10.7. The van der Waals surface area contributed by atoms with Gasteiger partial charge >= 0.3 is 5.97 Å². The molecule has 0 fully saturated rings. The summed E-state index contributed by atoms with van der Waals surface area (Å²) in [5.74, 6) is 0.180. The van der Waals surface area contributed by atoms with Gasteiger partial charge in [0.1, 0.15) is 11.9 Å². The van der Waals surface area contributed by atoms with Crippen LogP contribution in [-0.4, -0.2) is 28.0 Å². The van der Waals surface area contributed by atoms with Crippen molar-refractivity contribution in [2.75, 3.05) is 5.75 Å². The summed E-state index contributed by atoms with van der Waals surface area (Å²) in [6.07, 6.45) is -1.90. The highest BCUT2D eigenvalue weighted by molar-refractivity contribution is 7.80. The number of carbonyl (C=O) groups is 1. The zero-order valence-electron chi connectivity index (χ0n) is 8.83. The maximum Gasteiger partial charge on any atom is 0.308 e. The Morgan fingerprint density at radius 1 is 1.38 bits per heavy atom. The molecule has 1 aromatic rings. The molecule has 0 bridgehead atoms. The van der Waals surface area contributed by atoms with E-state index in [2.05, 4.69) is 12.6 Å². The van der Waals surface area contributed by atoms with Crippen molar-refractivity contribution in [2.45, 2.75) is 19.1 Å². The van der Waals surface area contributed by atoms with Crippen molar-refractivity contribution in [3.8, 4) is 5.75 Å². The van der Waals surface area contributed by atoms with Crippen molar-refractivity contribution in [1.29, 1.82) is 0 Å². The number of benzene rings is 1. The van der Waals surface area contributed by atoms with Crippen molar-refractivity contribution >= 4 is 18.6 Å². The van der Waals surface area contributed by atoms with E-state index in [9.17, 15) is 15.0 Å². The maximum absolute atomic E-state index is 10.7. The van der Waals surface area contributed by atoms with Gasteiger partial charge in [0.15, 0.2) is 0 Å². The van der Waals surface area contributed by atoms with Gasteiger partial charge in [-0.3, -0.25) is 4.79 Å². The second-order valence-electron chi connectivity index (χ2n) is 3.36. The molecule has 0 aromatic heterocycles. The van der Waals surface area contributed by atoms with Gasteiger partial charge in [-0.05, 0) is 17.7 Å². The number of hydrogen-bond donors (Lipinski definition) is 3. The lowest BCUT2D eigenvalue weighted by Crippen LogP contribution is -2.19. The molecule has 2 unspecified atom stereocenters. The van der Waals surface area contributed by atoms with Crippen molar-refractivity contribution in [3.05, 3.63) is 29.8 Å². The van der Waals surface area contributed by atoms with Crippen LogP contribution in [0.15, 0.2) is 24.3 Å². The van der Waals surface area contributed by atoms with Gasteiger partial charge in [0, 0.05) is 12.7 Å². The first-order chi connectivity index (χ1) is 7.54. The van der Waals surface area contributed by atoms with Gasteiger partial charge in [0.2, 0.25) is 0 Å². The number of aliphatic hydroxyl groups excluding tert-OH is 2. The minimum Gasteiger partial charge on any atom is -0.427 e. The molecular formula is C11H14O4S. The van der Waals surface area contributed by atoms with E-state index in [1.807, 2.05) is 0 Å². The van der Waals surface area contributed by atoms with E-state index >= 15 is 0 Å². The van der Waals surface area contributed by atoms with Crippen LogP contribution in [0, 0.1) is 0 Å². The number of esters is 1. The Balaban J connectivity index is 2.74. The fraction of sp³-hybridized carbons (Fsp3) is 0.364. The number of carbonyl (C=O) groups excluding carboxylic acids is 1. The van der Waals surface area contributed by atoms with Crippen LogP contribution in [0.4, 0.5) is 0 Å². The van der Waals surface area contributed by atoms with Crippen LogP contribution in [0.3, 0.4) is 0 Å². The van der Waals surface area contributed by atoms with Crippen LogP contribution in [0.1, 0.15) is 18.6 Å². The Labute approximate surface area is 99.3 Å². The minimum atomic E-state index is -0.983. The average Bonchev–Trinajstić information content (AvgIpc) is 2.27. The summed E-state index contributed by atoms with van der Waals surface area (Å²) in [4.78, 5) is 10.7. The molecule has 4 nitrogen and oxygen atoms in total. The summed E-state index contributed by atoms with van der Waals surface area (Å²) in [6, 6.07) is 6.31. The molecule has 16 heavy (non-hydrogen) atoms. The predicted octanol–water partition coefficient (Wildman–Crippen LogP) is 0.936. The third-order valence-corrected chi connectivity index (χ3v) is 2.41. The van der Waals surface area contributed by atoms with Crippen LogP contribution in [0.5, 0.6) is 5.75 Å². The lowest BCUT2D eigenvalue weighted by Gasteiger charge is -2.16. The van der Waals surface area contributed by atoms with E-state index in [1.165, 1.54) is 6.92 Å². The number of ether oxygens (including phenoxy) is 1. The molecule has 5 heteroatoms. The molecule has 0 heterocycles. The molecule has 88 valence electrons. The summed E-state index contributed by atoms with van der Waals surface area (Å²) in [5, 5.41) is 19.0. The molecule has 2 N–H and O–H groups in total. The van der Waals surface area contributed by atoms with Gasteiger partial charge < -0.3 is 14.9 Å². The van der Waals surface area contributed by atoms with E-state index in [0.717, 1.165) is 0 Å². The highest BCUT2D eigenvalue weighted by atomic mass is 32.1. The topological polar surface area (TPSA) is 66.8 Å². The van der Waals surface area contributed by atoms with Gasteiger partial charge in [0.25, 0.3) is 0 Å². The van der Waals surface area contributed by atoms with E-state index in [1.54, 1.807) is 24.3 Å². The SMILES string of the molecule is CC(=O)Oc1ccc(C(O)C(O)CS)cc1. The lowest BCUT2D eigenvalue weighted by molar-refractivity contribution is -0.131. The molecule has 0 spiro atoms. The van der Waals surface area contributed by atoms with Crippen molar-refractivity contribution in [3.63, 3.8) is 0 Å². The van der Waals surface area contributed by atoms with Gasteiger partial charge in [-0.15, -0.1) is 0 Å². The highest BCUT2D eigenvalue weighted by Gasteiger charge is 2.16. The second-order valence-corrected chi connectivity index (χ2v) is 3.72. The Morgan fingerprint density at radius 2 is 1.94 bits per heavy atom. The Morgan fingerprint density at radius 3 is 2.38 bits per heavy atom. The summed E-state index contributed by atoms with van der Waals surface area (Å²) in [6.45, 7) is 1.31. The molecule has 0 saturated carbocycles. The van der Waals surface area contributed by atoms with Crippen molar-refractivity contribution in [1.82, 2.24) is 0 Å². The van der Waals surface area contributed by atoms with Gasteiger partial charge in [-0.2, -0.15) is 12.6 Å². The van der Waals surface area contributed by atoms with Crippen LogP contribution < -0.4 is 4.74 Å². The minimum absolute atomic E-state index is 0.173. The Hall–Kier alpha value is -1.04. The Bertz CT molecular complexity index is 350. The zero-order chi connectivity index (χ0) is 12.1. The average molecular weight is 242 g/mol. The normalized spacial score (nSPS) is 14.2. The molecule has 0 aliphatic carbocycles. The van der Waals surface area contributed by atoms with Crippen LogP contribution in [0.25, 0.3) is 0 Å². The van der Waals surface area contributed by atoms with Crippen LogP contribution in [-0.2, 0) is 4.79 Å². The fourth-order valence-corrected chi connectivity index (χ4v) is 1.42. The molecule has 0 aliphatic rings. The number of hydrogen-bond acceptors (Lipinski definition) is 5. The van der Waals surface area contributed by atoms with E-state index in [4.69, 9.17) is 4.74 Å². The summed E-state index contributed by atoms with van der Waals surface area (Å²) in [5.41, 5.74) is 0.553. The van der Waals surface area contributed by atoms with E-state index < -0.39 is 18.2 Å². The monoisotopic (exact) mass is 242 g/mol. The van der Waals surface area contributed by atoms with E-state index in [0.29, 0.717) is 11.3 Å². The third-order valence-electron chi connectivity index (χ3n) is 2.03. The van der Waals surface area contributed by atoms with E-state index in [-0.39, 0.29) is 5.75 Å². The molecule has 0 aliphatic heterocycles. The Kier molecular flexibility index (Phi) is 4.79. The summed E-state index contributed by atoms with van der Waals surface area (Å²) < 4.78 is 4.84. The van der Waals surface area contributed by atoms with Crippen LogP contribution in [0.2, 0.25) is 0 Å². The number of thiol groups is 1. The standard InChI is InChI=1S/C11H14O4S/c1-7(12)15-9-4-2-8(3-5-9)11(14)10(13)6-16/h2-5,10-11,13-14,16H,6H2,1H3. The zero-order valence-corrected chi connectivity index (χ0v) is 9.72. The third kappa shape index (κ3) is 3.52. The molecule has 1 rings (SSSR count). The van der Waals surface area contributed by atoms with Crippen LogP contribution >= 0.6 is 12.6 Å². The molecular weight excluding hydrogens is 228 g/mol. The number of rotatable bonds is 4. The lowest BCUT2D eigenvalue weighted by atomic mass is 10.1. The first-order valence-corrected chi connectivity index (χ1v) is 5.43. The van der Waals surface area contributed by atoms with Gasteiger partial charge in [-0.25, -0.2) is 0 Å². The second kappa shape index (κ2) is 5.89. The fourth-order valence-electron chi connectivity index (χ4n) is 1.22. The molecule has 0 saturated heterocycles. The quantitative estimate of drug-likeness (QED) is 0.417. The predicted molar refractivity (Wildman–Crippen MR) is 62.6 cm³/mol. The smallest absolute Gasteiger partial charge is 0.308 e. The summed E-state index contributed by atoms with van der Waals surface area (Å²) in [7, 11) is 0. The molecule has 2 atom stereocenters. The first kappa shape index (κ1) is 13.0. The highest BCUT2D eigenvalue weighted by Crippen LogP contribution is 2.20. The molecule has 0 amide bonds. The molecule has 1 aromatic carbocycles.